The van der Waals surface area contributed by atoms with Crippen molar-refractivity contribution in [1.82, 2.24) is 0 Å². The van der Waals surface area contributed by atoms with E-state index >= 15 is 0 Å². The summed E-state index contributed by atoms with van der Waals surface area (Å²) in [5, 5.41) is 0. The van der Waals surface area contributed by atoms with Gasteiger partial charge in [-0.15, -0.1) is 0 Å². The van der Waals surface area contributed by atoms with Crippen LogP contribution < -0.4 is 9.47 Å². The largest absolute Gasteiger partial charge is 0.493 e. The number of ketones is 1. The van der Waals surface area contributed by atoms with E-state index in [1.165, 1.54) is 0 Å². The van der Waals surface area contributed by atoms with Gasteiger partial charge in [0.15, 0.2) is 17.3 Å². The van der Waals surface area contributed by atoms with Crippen molar-refractivity contribution < 1.29 is 14.3 Å². The van der Waals surface area contributed by atoms with E-state index in [2.05, 4.69) is 15.9 Å². The maximum absolute atomic E-state index is 12.7. The summed E-state index contributed by atoms with van der Waals surface area (Å²) in [5.74, 6) is 1.40. The molecule has 0 aliphatic heterocycles. The van der Waals surface area contributed by atoms with Crippen LogP contribution >= 0.6 is 15.9 Å². The van der Waals surface area contributed by atoms with Crippen LogP contribution in [-0.4, -0.2) is 20.0 Å². The lowest BCUT2D eigenvalue weighted by Gasteiger charge is -2.17. The van der Waals surface area contributed by atoms with E-state index in [0.29, 0.717) is 11.5 Å². The molecule has 3 rings (SSSR count). The minimum Gasteiger partial charge on any atom is -0.493 e. The maximum Gasteiger partial charge on any atom is 0.189 e. The molecule has 0 amide bonds. The number of hydrogen-bond acceptors (Lipinski definition) is 3. The molecule has 0 aromatic heterocycles. The third-order valence-electron chi connectivity index (χ3n) is 4.05. The first-order valence-corrected chi connectivity index (χ1v) is 8.18. The summed E-state index contributed by atoms with van der Waals surface area (Å²) in [5.41, 5.74) is 3.66. The van der Waals surface area contributed by atoms with Crippen molar-refractivity contribution in [3.63, 3.8) is 0 Å². The molecule has 1 aliphatic carbocycles. The number of allylic oxidation sites excluding steroid dienone is 1. The normalized spacial score (nSPS) is 15.4. The van der Waals surface area contributed by atoms with Gasteiger partial charge in [0.1, 0.15) is 0 Å². The van der Waals surface area contributed by atoms with E-state index in [-0.39, 0.29) is 5.78 Å². The second-order valence-corrected chi connectivity index (χ2v) is 6.24. The standard InChI is InChI=1S/C19H17BrO3/c1-22-17-10-14(16(20)11-18(17)23-2)9-13-8-7-12-5-3-4-6-15(12)19(13)21/h3-6,9-11H,7-8H2,1-2H3/b13-9+. The summed E-state index contributed by atoms with van der Waals surface area (Å²) in [6.07, 6.45) is 3.57. The molecule has 0 fully saturated rings. The first-order chi connectivity index (χ1) is 11.1. The van der Waals surface area contributed by atoms with Gasteiger partial charge in [0.25, 0.3) is 0 Å². The zero-order chi connectivity index (χ0) is 16.4. The van der Waals surface area contributed by atoms with E-state index < -0.39 is 0 Å². The molecule has 0 radical (unpaired) electrons. The Balaban J connectivity index is 2.01. The fraction of sp³-hybridized carbons (Fsp3) is 0.211. The van der Waals surface area contributed by atoms with Crippen molar-refractivity contribution in [1.29, 1.82) is 0 Å². The van der Waals surface area contributed by atoms with Gasteiger partial charge >= 0.3 is 0 Å². The number of rotatable bonds is 3. The Hall–Kier alpha value is -2.07. The summed E-state index contributed by atoms with van der Waals surface area (Å²) in [7, 11) is 3.20. The molecule has 0 unspecified atom stereocenters. The number of carbonyl (C=O) groups is 1. The van der Waals surface area contributed by atoms with Gasteiger partial charge in [-0.05, 0) is 42.2 Å². The lowest BCUT2D eigenvalue weighted by molar-refractivity contribution is 0.102. The fourth-order valence-corrected chi connectivity index (χ4v) is 3.26. The third kappa shape index (κ3) is 3.04. The molecule has 0 saturated carbocycles. The molecule has 3 nitrogen and oxygen atoms in total. The Labute approximate surface area is 144 Å². The number of methoxy groups -OCH3 is 2. The number of Topliss-reactive ketones (excluding diaryl/α,β-unsaturated/α-hetero) is 1. The van der Waals surface area contributed by atoms with Crippen LogP contribution in [0.4, 0.5) is 0 Å². The van der Waals surface area contributed by atoms with E-state index in [4.69, 9.17) is 9.47 Å². The Morgan fingerprint density at radius 1 is 1.04 bits per heavy atom. The van der Waals surface area contributed by atoms with Crippen LogP contribution in [0.5, 0.6) is 11.5 Å². The van der Waals surface area contributed by atoms with Crippen LogP contribution in [-0.2, 0) is 6.42 Å². The second kappa shape index (κ2) is 6.59. The smallest absolute Gasteiger partial charge is 0.189 e. The van der Waals surface area contributed by atoms with Gasteiger partial charge in [0, 0.05) is 15.6 Å². The molecule has 0 atom stereocenters. The van der Waals surface area contributed by atoms with Gasteiger partial charge in [0.2, 0.25) is 0 Å². The highest BCUT2D eigenvalue weighted by Crippen LogP contribution is 2.35. The van der Waals surface area contributed by atoms with E-state index in [0.717, 1.165) is 39.6 Å². The third-order valence-corrected chi connectivity index (χ3v) is 4.74. The molecule has 2 aromatic carbocycles. The quantitative estimate of drug-likeness (QED) is 0.733. The number of hydrogen-bond donors (Lipinski definition) is 0. The van der Waals surface area contributed by atoms with Crippen LogP contribution in [0, 0.1) is 0 Å². The highest BCUT2D eigenvalue weighted by atomic mass is 79.9. The number of fused-ring (bicyclic) bond motifs is 1. The number of ether oxygens (including phenoxy) is 2. The average molecular weight is 373 g/mol. The topological polar surface area (TPSA) is 35.5 Å². The molecule has 1 aliphatic rings. The number of benzene rings is 2. The summed E-state index contributed by atoms with van der Waals surface area (Å²) in [6.45, 7) is 0. The molecule has 0 N–H and O–H groups in total. The van der Waals surface area contributed by atoms with Crippen molar-refractivity contribution in [2.24, 2.45) is 0 Å². The maximum atomic E-state index is 12.7. The lowest BCUT2D eigenvalue weighted by atomic mass is 9.86. The average Bonchev–Trinajstić information content (AvgIpc) is 2.58. The summed E-state index contributed by atoms with van der Waals surface area (Å²) in [4.78, 5) is 12.7. The number of halogens is 1. The molecular formula is C19H17BrO3. The zero-order valence-corrected chi connectivity index (χ0v) is 14.6. The lowest BCUT2D eigenvalue weighted by Crippen LogP contribution is -2.13. The Kier molecular flexibility index (Phi) is 4.53. The first kappa shape index (κ1) is 15.8. The van der Waals surface area contributed by atoms with Crippen LogP contribution in [0.2, 0.25) is 0 Å². The Bertz CT molecular complexity index is 793. The molecule has 118 valence electrons. The molecule has 0 bridgehead atoms. The summed E-state index contributed by atoms with van der Waals surface area (Å²) in [6, 6.07) is 11.5. The number of carbonyl (C=O) groups excluding carboxylic acids is 1. The molecule has 23 heavy (non-hydrogen) atoms. The van der Waals surface area contributed by atoms with E-state index in [1.807, 2.05) is 42.5 Å². The predicted molar refractivity (Wildman–Crippen MR) is 94.3 cm³/mol. The molecule has 4 heteroatoms. The zero-order valence-electron chi connectivity index (χ0n) is 13.1. The highest BCUT2D eigenvalue weighted by Gasteiger charge is 2.21. The molecule has 0 saturated heterocycles. The van der Waals surface area contributed by atoms with Gasteiger partial charge in [-0.1, -0.05) is 40.2 Å². The van der Waals surface area contributed by atoms with Gasteiger partial charge < -0.3 is 9.47 Å². The number of aryl methyl sites for hydroxylation is 1. The van der Waals surface area contributed by atoms with Crippen LogP contribution in [0.1, 0.15) is 27.9 Å². The molecule has 0 heterocycles. The first-order valence-electron chi connectivity index (χ1n) is 7.38. The Morgan fingerprint density at radius 2 is 1.74 bits per heavy atom. The Morgan fingerprint density at radius 3 is 2.48 bits per heavy atom. The highest BCUT2D eigenvalue weighted by molar-refractivity contribution is 9.10. The van der Waals surface area contributed by atoms with Crippen LogP contribution in [0.15, 0.2) is 46.4 Å². The van der Waals surface area contributed by atoms with Gasteiger partial charge in [-0.2, -0.15) is 0 Å². The fourth-order valence-electron chi connectivity index (χ4n) is 2.82. The van der Waals surface area contributed by atoms with E-state index in [9.17, 15) is 4.79 Å². The van der Waals surface area contributed by atoms with Crippen molar-refractivity contribution in [2.45, 2.75) is 12.8 Å². The van der Waals surface area contributed by atoms with Crippen LogP contribution in [0.3, 0.4) is 0 Å². The van der Waals surface area contributed by atoms with Crippen molar-refractivity contribution >= 4 is 27.8 Å². The minimum atomic E-state index is 0.105. The predicted octanol–water partition coefficient (Wildman–Crippen LogP) is 4.68. The van der Waals surface area contributed by atoms with Gasteiger partial charge in [0.05, 0.1) is 14.2 Å². The second-order valence-electron chi connectivity index (χ2n) is 5.38. The van der Waals surface area contributed by atoms with Crippen molar-refractivity contribution in [2.75, 3.05) is 14.2 Å². The van der Waals surface area contributed by atoms with Gasteiger partial charge in [-0.3, -0.25) is 4.79 Å². The monoisotopic (exact) mass is 372 g/mol. The van der Waals surface area contributed by atoms with Crippen LogP contribution in [0.25, 0.3) is 6.08 Å². The van der Waals surface area contributed by atoms with E-state index in [1.54, 1.807) is 14.2 Å². The summed E-state index contributed by atoms with van der Waals surface area (Å²) >= 11 is 3.54. The molecule has 2 aromatic rings. The van der Waals surface area contributed by atoms with Crippen molar-refractivity contribution in [3.8, 4) is 11.5 Å². The summed E-state index contributed by atoms with van der Waals surface area (Å²) < 4.78 is 11.5. The molecular weight excluding hydrogens is 356 g/mol. The minimum absolute atomic E-state index is 0.105. The molecule has 0 spiro atoms. The van der Waals surface area contributed by atoms with Crippen molar-refractivity contribution in [3.05, 3.63) is 63.1 Å². The SMILES string of the molecule is COc1cc(Br)c(/C=C2\CCc3ccccc3C2=O)cc1OC. The van der Waals surface area contributed by atoms with Gasteiger partial charge in [-0.25, -0.2) is 0 Å².